The molecule has 1 N–H and O–H groups in total. The van der Waals surface area contributed by atoms with Gasteiger partial charge in [-0.05, 0) is 42.7 Å². The van der Waals surface area contributed by atoms with Gasteiger partial charge in [-0.15, -0.1) is 0 Å². The number of hydrogen-bond donors (Lipinski definition) is 1. The Balaban J connectivity index is 1.36. The first-order valence-electron chi connectivity index (χ1n) is 10.8. The molecular weight excluding hydrogens is 408 g/mol. The molecular formula is C25H22N2O5. The van der Waals surface area contributed by atoms with Crippen LogP contribution < -0.4 is 5.56 Å². The molecule has 0 aliphatic carbocycles. The van der Waals surface area contributed by atoms with Gasteiger partial charge in [0.25, 0.3) is 5.56 Å². The molecule has 0 amide bonds. The molecule has 2 atom stereocenters. The van der Waals surface area contributed by atoms with Gasteiger partial charge in [0.1, 0.15) is 17.6 Å². The highest BCUT2D eigenvalue weighted by Gasteiger charge is 2.35. The third kappa shape index (κ3) is 3.00. The number of ketones is 1. The Morgan fingerprint density at radius 2 is 1.97 bits per heavy atom. The molecule has 2 bridgehead atoms. The van der Waals surface area contributed by atoms with Crippen LogP contribution in [0.2, 0.25) is 0 Å². The highest BCUT2D eigenvalue weighted by Crippen LogP contribution is 2.38. The molecule has 2 aliphatic heterocycles. The van der Waals surface area contributed by atoms with Crippen molar-refractivity contribution >= 4 is 16.8 Å². The van der Waals surface area contributed by atoms with Crippen LogP contribution in [0.5, 0.6) is 5.75 Å². The minimum Gasteiger partial charge on any atom is -0.508 e. The predicted molar refractivity (Wildman–Crippen MR) is 117 cm³/mol. The number of carbonyl (C=O) groups excluding carboxylic acids is 1. The number of pyridine rings is 1. The molecule has 0 saturated carbocycles. The number of phenols is 1. The topological polar surface area (TPSA) is 88.8 Å². The first kappa shape index (κ1) is 19.1. The van der Waals surface area contributed by atoms with Gasteiger partial charge in [0, 0.05) is 54.8 Å². The maximum atomic E-state index is 13.0. The van der Waals surface area contributed by atoms with Gasteiger partial charge in [-0.2, -0.15) is 0 Å². The third-order valence-corrected chi connectivity index (χ3v) is 6.75. The number of carbonyl (C=O) groups is 1. The molecule has 0 spiro atoms. The van der Waals surface area contributed by atoms with E-state index in [1.165, 1.54) is 12.5 Å². The zero-order chi connectivity index (χ0) is 21.8. The number of aromatic nitrogens is 1. The van der Waals surface area contributed by atoms with Crippen LogP contribution in [-0.2, 0) is 13.1 Å². The molecule has 4 aromatic rings. The highest BCUT2D eigenvalue weighted by atomic mass is 16.3. The average molecular weight is 430 g/mol. The number of fused-ring (bicyclic) bond motifs is 5. The standard InChI is InChI=1S/C25H22N2O5/c28-20-6-7-21-24(18(14-32-21)25(30)22-4-2-8-31-22)17(20)13-26-10-15-9-16(12-26)19-3-1-5-23(29)27(19)11-15/h1-8,14-16,28H,9-13H2/t15-,16+/m1/s1. The lowest BCUT2D eigenvalue weighted by atomic mass is 9.83. The maximum Gasteiger partial charge on any atom is 0.250 e. The summed E-state index contributed by atoms with van der Waals surface area (Å²) in [5.74, 6) is 0.739. The van der Waals surface area contributed by atoms with Crippen molar-refractivity contribution in [2.45, 2.75) is 25.4 Å². The molecule has 0 radical (unpaired) electrons. The Hall–Kier alpha value is -3.58. The second kappa shape index (κ2) is 7.24. The van der Waals surface area contributed by atoms with Crippen molar-refractivity contribution in [2.75, 3.05) is 13.1 Å². The summed E-state index contributed by atoms with van der Waals surface area (Å²) in [6.07, 6.45) is 3.96. The molecule has 1 saturated heterocycles. The van der Waals surface area contributed by atoms with E-state index < -0.39 is 0 Å². The maximum absolute atomic E-state index is 13.0. The summed E-state index contributed by atoms with van der Waals surface area (Å²) in [5, 5.41) is 11.4. The predicted octanol–water partition coefficient (Wildman–Crippen LogP) is 3.74. The van der Waals surface area contributed by atoms with E-state index in [1.54, 1.807) is 30.3 Å². The molecule has 1 fully saturated rings. The van der Waals surface area contributed by atoms with Crippen LogP contribution in [-0.4, -0.2) is 33.4 Å². The molecule has 0 unspecified atom stereocenters. The lowest BCUT2D eigenvalue weighted by Gasteiger charge is -2.42. The number of hydrogen-bond acceptors (Lipinski definition) is 6. The second-order valence-corrected chi connectivity index (χ2v) is 8.78. The van der Waals surface area contributed by atoms with Gasteiger partial charge < -0.3 is 18.5 Å². The van der Waals surface area contributed by atoms with Gasteiger partial charge in [-0.3, -0.25) is 14.5 Å². The minimum atomic E-state index is -0.274. The zero-order valence-corrected chi connectivity index (χ0v) is 17.4. The van der Waals surface area contributed by atoms with Gasteiger partial charge in [0.05, 0.1) is 11.8 Å². The minimum absolute atomic E-state index is 0.0625. The van der Waals surface area contributed by atoms with Crippen molar-refractivity contribution in [1.82, 2.24) is 9.47 Å². The van der Waals surface area contributed by atoms with Crippen LogP contribution in [0.4, 0.5) is 0 Å². The van der Waals surface area contributed by atoms with E-state index in [0.29, 0.717) is 41.1 Å². The number of likely N-dealkylation sites (tertiary alicyclic amines) is 1. The van der Waals surface area contributed by atoms with Gasteiger partial charge >= 0.3 is 0 Å². The molecule has 7 heteroatoms. The molecule has 7 nitrogen and oxygen atoms in total. The van der Waals surface area contributed by atoms with E-state index in [1.807, 2.05) is 16.7 Å². The van der Waals surface area contributed by atoms with Gasteiger partial charge in [0.2, 0.25) is 5.78 Å². The summed E-state index contributed by atoms with van der Waals surface area (Å²) in [7, 11) is 0. The van der Waals surface area contributed by atoms with Crippen LogP contribution in [0.3, 0.4) is 0 Å². The van der Waals surface area contributed by atoms with Crippen molar-refractivity contribution in [3.05, 3.63) is 87.9 Å². The fourth-order valence-electron chi connectivity index (χ4n) is 5.41. The summed E-state index contributed by atoms with van der Waals surface area (Å²) in [4.78, 5) is 27.6. The Morgan fingerprint density at radius 1 is 1.06 bits per heavy atom. The lowest BCUT2D eigenvalue weighted by molar-refractivity contribution is 0.101. The molecule has 162 valence electrons. The van der Waals surface area contributed by atoms with Crippen molar-refractivity contribution in [3.63, 3.8) is 0 Å². The Morgan fingerprint density at radius 3 is 2.81 bits per heavy atom. The first-order chi connectivity index (χ1) is 15.6. The number of benzene rings is 1. The van der Waals surface area contributed by atoms with Crippen molar-refractivity contribution in [2.24, 2.45) is 5.92 Å². The van der Waals surface area contributed by atoms with Gasteiger partial charge in [-0.1, -0.05) is 6.07 Å². The summed E-state index contributed by atoms with van der Waals surface area (Å²) >= 11 is 0. The van der Waals surface area contributed by atoms with Crippen LogP contribution in [0.15, 0.2) is 68.6 Å². The molecule has 2 aliphatic rings. The largest absolute Gasteiger partial charge is 0.508 e. The average Bonchev–Trinajstić information content (AvgIpc) is 3.46. The third-order valence-electron chi connectivity index (χ3n) is 6.75. The zero-order valence-electron chi connectivity index (χ0n) is 17.4. The fourth-order valence-corrected chi connectivity index (χ4v) is 5.41. The van der Waals surface area contributed by atoms with E-state index in [-0.39, 0.29) is 28.8 Å². The van der Waals surface area contributed by atoms with Crippen LogP contribution in [0, 0.1) is 5.92 Å². The smallest absolute Gasteiger partial charge is 0.250 e. The monoisotopic (exact) mass is 430 g/mol. The summed E-state index contributed by atoms with van der Waals surface area (Å²) < 4.78 is 12.9. The Labute approximate surface area is 183 Å². The number of phenolic OH excluding ortho intramolecular Hbond substituents is 1. The number of rotatable bonds is 4. The number of nitrogens with zero attached hydrogens (tertiary/aromatic N) is 2. The molecule has 5 heterocycles. The van der Waals surface area contributed by atoms with Gasteiger partial charge in [-0.25, -0.2) is 0 Å². The molecule has 6 rings (SSSR count). The highest BCUT2D eigenvalue weighted by molar-refractivity contribution is 6.15. The lowest BCUT2D eigenvalue weighted by Crippen LogP contribution is -2.46. The molecule has 3 aromatic heterocycles. The van der Waals surface area contributed by atoms with Crippen LogP contribution in [0.1, 0.15) is 39.7 Å². The van der Waals surface area contributed by atoms with Crippen LogP contribution >= 0.6 is 0 Å². The first-order valence-corrected chi connectivity index (χ1v) is 10.8. The summed E-state index contributed by atoms with van der Waals surface area (Å²) in [6, 6.07) is 12.1. The van der Waals surface area contributed by atoms with E-state index >= 15 is 0 Å². The van der Waals surface area contributed by atoms with E-state index in [0.717, 1.165) is 25.2 Å². The van der Waals surface area contributed by atoms with Crippen molar-refractivity contribution < 1.29 is 18.7 Å². The van der Waals surface area contributed by atoms with Crippen molar-refractivity contribution in [3.8, 4) is 5.75 Å². The van der Waals surface area contributed by atoms with Gasteiger partial charge in [0.15, 0.2) is 5.76 Å². The molecule has 1 aromatic carbocycles. The Kier molecular flexibility index (Phi) is 4.33. The quantitative estimate of drug-likeness (QED) is 0.496. The van der Waals surface area contributed by atoms with E-state index in [9.17, 15) is 14.7 Å². The summed E-state index contributed by atoms with van der Waals surface area (Å²) in [6.45, 7) is 2.82. The molecule has 32 heavy (non-hydrogen) atoms. The van der Waals surface area contributed by atoms with E-state index in [4.69, 9.17) is 8.83 Å². The normalized spacial score (nSPS) is 20.4. The second-order valence-electron chi connectivity index (χ2n) is 8.78. The Bertz CT molecular complexity index is 1380. The van der Waals surface area contributed by atoms with Crippen molar-refractivity contribution in [1.29, 1.82) is 0 Å². The SMILES string of the molecule is O=C(c1ccco1)c1coc2ccc(O)c(CN3C[C@H]4C[C@@H](C3)c3cccc(=O)n3C4)c12. The van der Waals surface area contributed by atoms with Crippen LogP contribution in [0.25, 0.3) is 11.0 Å². The number of piperidine rings is 1. The number of furan rings is 2. The summed E-state index contributed by atoms with van der Waals surface area (Å²) in [5.41, 5.74) is 2.76. The fraction of sp³-hybridized carbons (Fsp3) is 0.280. The number of aromatic hydroxyl groups is 1. The van der Waals surface area contributed by atoms with E-state index in [2.05, 4.69) is 4.90 Å².